The van der Waals surface area contributed by atoms with Gasteiger partial charge in [0.05, 0.1) is 11.5 Å². The standard InChI is InChI=1S/C8H10O2/c9-6-2-3-7(10)8(6)4-1-5-8/h2-3,6,9H,1,4-5H2. The van der Waals surface area contributed by atoms with Crippen LogP contribution in [0.3, 0.4) is 0 Å². The number of ketones is 1. The lowest BCUT2D eigenvalue weighted by atomic mass is 9.65. The number of hydrogen-bond donors (Lipinski definition) is 1. The minimum absolute atomic E-state index is 0.131. The highest BCUT2D eigenvalue weighted by Crippen LogP contribution is 2.48. The maximum atomic E-state index is 11.1. The van der Waals surface area contributed by atoms with E-state index >= 15 is 0 Å². The topological polar surface area (TPSA) is 37.3 Å². The Kier molecular flexibility index (Phi) is 1.04. The van der Waals surface area contributed by atoms with Gasteiger partial charge >= 0.3 is 0 Å². The number of rotatable bonds is 0. The van der Waals surface area contributed by atoms with Gasteiger partial charge in [0.15, 0.2) is 5.78 Å². The van der Waals surface area contributed by atoms with Crippen molar-refractivity contribution in [2.75, 3.05) is 0 Å². The van der Waals surface area contributed by atoms with Crippen molar-refractivity contribution >= 4 is 5.78 Å². The van der Waals surface area contributed by atoms with Crippen LogP contribution < -0.4 is 0 Å². The summed E-state index contributed by atoms with van der Waals surface area (Å²) in [4.78, 5) is 11.1. The van der Waals surface area contributed by atoms with Crippen molar-refractivity contribution in [2.24, 2.45) is 5.41 Å². The largest absolute Gasteiger partial charge is 0.388 e. The van der Waals surface area contributed by atoms with E-state index in [4.69, 9.17) is 0 Å². The van der Waals surface area contributed by atoms with E-state index in [1.807, 2.05) is 0 Å². The molecule has 0 aromatic rings. The molecular weight excluding hydrogens is 128 g/mol. The SMILES string of the molecule is O=C1C=CC(O)C12CCC2. The van der Waals surface area contributed by atoms with Gasteiger partial charge in [0, 0.05) is 0 Å². The van der Waals surface area contributed by atoms with Crippen molar-refractivity contribution in [2.45, 2.75) is 25.4 Å². The third-order valence-corrected chi connectivity index (χ3v) is 2.73. The number of carbonyl (C=O) groups excluding carboxylic acids is 1. The lowest BCUT2D eigenvalue weighted by molar-refractivity contribution is -0.133. The molecule has 10 heavy (non-hydrogen) atoms. The Morgan fingerprint density at radius 1 is 1.60 bits per heavy atom. The van der Waals surface area contributed by atoms with Crippen LogP contribution in [0.4, 0.5) is 0 Å². The van der Waals surface area contributed by atoms with Crippen LogP contribution in [0.15, 0.2) is 12.2 Å². The van der Waals surface area contributed by atoms with Crippen molar-refractivity contribution in [3.63, 3.8) is 0 Å². The molecule has 2 aliphatic carbocycles. The monoisotopic (exact) mass is 138 g/mol. The van der Waals surface area contributed by atoms with Gasteiger partial charge in [-0.3, -0.25) is 4.79 Å². The molecule has 0 amide bonds. The molecule has 0 aliphatic heterocycles. The zero-order chi connectivity index (χ0) is 7.19. The summed E-state index contributed by atoms with van der Waals surface area (Å²) in [6.45, 7) is 0. The number of hydrogen-bond acceptors (Lipinski definition) is 2. The molecule has 2 aliphatic rings. The summed E-state index contributed by atoms with van der Waals surface area (Å²) in [5, 5.41) is 9.36. The van der Waals surface area contributed by atoms with Crippen molar-refractivity contribution in [1.29, 1.82) is 0 Å². The Morgan fingerprint density at radius 2 is 2.30 bits per heavy atom. The van der Waals surface area contributed by atoms with Crippen molar-refractivity contribution in [3.8, 4) is 0 Å². The van der Waals surface area contributed by atoms with Crippen LogP contribution in [-0.4, -0.2) is 17.0 Å². The second-order valence-electron chi connectivity index (χ2n) is 3.18. The van der Waals surface area contributed by atoms with Gasteiger partial charge in [-0.05, 0) is 18.9 Å². The molecular formula is C8H10O2. The Morgan fingerprint density at radius 3 is 2.50 bits per heavy atom. The minimum Gasteiger partial charge on any atom is -0.388 e. The Labute approximate surface area is 59.5 Å². The first kappa shape index (κ1) is 6.10. The maximum absolute atomic E-state index is 11.1. The highest BCUT2D eigenvalue weighted by atomic mass is 16.3. The van der Waals surface area contributed by atoms with Crippen LogP contribution in [-0.2, 0) is 4.79 Å². The summed E-state index contributed by atoms with van der Waals surface area (Å²) in [6, 6.07) is 0. The van der Waals surface area contributed by atoms with Crippen LogP contribution in [0, 0.1) is 5.41 Å². The normalized spacial score (nSPS) is 34.9. The van der Waals surface area contributed by atoms with E-state index in [9.17, 15) is 9.90 Å². The van der Waals surface area contributed by atoms with Crippen LogP contribution in [0.25, 0.3) is 0 Å². The predicted octanol–water partition coefficient (Wildman–Crippen LogP) is 0.656. The molecule has 2 nitrogen and oxygen atoms in total. The molecule has 1 N–H and O–H groups in total. The van der Waals surface area contributed by atoms with Gasteiger partial charge in [-0.2, -0.15) is 0 Å². The predicted molar refractivity (Wildman–Crippen MR) is 36.4 cm³/mol. The molecule has 2 rings (SSSR count). The fourth-order valence-corrected chi connectivity index (χ4v) is 1.77. The molecule has 0 saturated heterocycles. The smallest absolute Gasteiger partial charge is 0.164 e. The van der Waals surface area contributed by atoms with Gasteiger partial charge in [-0.25, -0.2) is 0 Å². The summed E-state index contributed by atoms with van der Waals surface area (Å²) >= 11 is 0. The molecule has 0 heterocycles. The summed E-state index contributed by atoms with van der Waals surface area (Å²) < 4.78 is 0. The van der Waals surface area contributed by atoms with E-state index < -0.39 is 6.10 Å². The van der Waals surface area contributed by atoms with E-state index in [-0.39, 0.29) is 11.2 Å². The van der Waals surface area contributed by atoms with Gasteiger partial charge < -0.3 is 5.11 Å². The first-order valence-electron chi connectivity index (χ1n) is 3.66. The average molecular weight is 138 g/mol. The molecule has 1 unspecified atom stereocenters. The van der Waals surface area contributed by atoms with Gasteiger partial charge in [0.2, 0.25) is 0 Å². The summed E-state index contributed by atoms with van der Waals surface area (Å²) in [7, 11) is 0. The van der Waals surface area contributed by atoms with Gasteiger partial charge in [-0.1, -0.05) is 12.5 Å². The summed E-state index contributed by atoms with van der Waals surface area (Å²) in [5.41, 5.74) is -0.361. The average Bonchev–Trinajstić information content (AvgIpc) is 2.06. The van der Waals surface area contributed by atoms with Crippen molar-refractivity contribution < 1.29 is 9.90 Å². The lowest BCUT2D eigenvalue weighted by Gasteiger charge is -2.39. The van der Waals surface area contributed by atoms with Gasteiger partial charge in [-0.15, -0.1) is 0 Å². The van der Waals surface area contributed by atoms with Crippen LogP contribution in [0.1, 0.15) is 19.3 Å². The maximum Gasteiger partial charge on any atom is 0.164 e. The van der Waals surface area contributed by atoms with Crippen LogP contribution >= 0.6 is 0 Å². The zero-order valence-electron chi connectivity index (χ0n) is 5.71. The molecule has 0 bridgehead atoms. The number of aliphatic hydroxyl groups is 1. The molecule has 1 spiro atoms. The first-order chi connectivity index (χ1) is 4.76. The van der Waals surface area contributed by atoms with Crippen molar-refractivity contribution in [1.82, 2.24) is 0 Å². The molecule has 1 fully saturated rings. The summed E-state index contributed by atoms with van der Waals surface area (Å²) in [6.07, 6.45) is 5.48. The third kappa shape index (κ3) is 0.504. The molecule has 0 aromatic heterocycles. The molecule has 1 atom stereocenters. The fraction of sp³-hybridized carbons (Fsp3) is 0.625. The number of carbonyl (C=O) groups is 1. The van der Waals surface area contributed by atoms with Gasteiger partial charge in [0.1, 0.15) is 0 Å². The quantitative estimate of drug-likeness (QED) is 0.533. The molecule has 0 radical (unpaired) electrons. The molecule has 2 heteroatoms. The molecule has 54 valence electrons. The van der Waals surface area contributed by atoms with E-state index in [0.29, 0.717) is 0 Å². The van der Waals surface area contributed by atoms with Crippen LogP contribution in [0.5, 0.6) is 0 Å². The second kappa shape index (κ2) is 1.70. The van der Waals surface area contributed by atoms with E-state index in [1.165, 1.54) is 6.08 Å². The Bertz CT molecular complexity index is 201. The highest BCUT2D eigenvalue weighted by molar-refractivity contribution is 5.98. The Balaban J connectivity index is 2.29. The molecule has 1 saturated carbocycles. The lowest BCUT2D eigenvalue weighted by Crippen LogP contribution is -2.42. The number of allylic oxidation sites excluding steroid dienone is 1. The molecule has 0 aromatic carbocycles. The highest BCUT2D eigenvalue weighted by Gasteiger charge is 2.50. The minimum atomic E-state index is -0.492. The van der Waals surface area contributed by atoms with Crippen LogP contribution in [0.2, 0.25) is 0 Å². The number of aliphatic hydroxyl groups excluding tert-OH is 1. The summed E-state index contributed by atoms with van der Waals surface area (Å²) in [5.74, 6) is 0.131. The third-order valence-electron chi connectivity index (χ3n) is 2.73. The van der Waals surface area contributed by atoms with E-state index in [0.717, 1.165) is 19.3 Å². The second-order valence-corrected chi connectivity index (χ2v) is 3.18. The van der Waals surface area contributed by atoms with E-state index in [2.05, 4.69) is 0 Å². The van der Waals surface area contributed by atoms with Crippen molar-refractivity contribution in [3.05, 3.63) is 12.2 Å². The van der Waals surface area contributed by atoms with Gasteiger partial charge in [0.25, 0.3) is 0 Å². The fourth-order valence-electron chi connectivity index (χ4n) is 1.77. The zero-order valence-corrected chi connectivity index (χ0v) is 5.71. The Hall–Kier alpha value is -0.630. The van der Waals surface area contributed by atoms with E-state index in [1.54, 1.807) is 6.08 Å². The first-order valence-corrected chi connectivity index (χ1v) is 3.66.